The Hall–Kier alpha value is -3.39. The third-order valence-corrected chi connectivity index (χ3v) is 5.56. The zero-order chi connectivity index (χ0) is 22.4. The van der Waals surface area contributed by atoms with Crippen LogP contribution < -0.4 is 5.32 Å². The Bertz CT molecular complexity index is 1180. The third-order valence-electron chi connectivity index (χ3n) is 5.56. The summed E-state index contributed by atoms with van der Waals surface area (Å²) >= 11 is 0. The minimum atomic E-state index is -4.56. The number of imide groups is 1. The summed E-state index contributed by atoms with van der Waals surface area (Å²) in [5, 5.41) is 15.0. The van der Waals surface area contributed by atoms with E-state index in [0.717, 1.165) is 27.8 Å². The number of carbonyl (C=O) groups is 2. The Kier molecular flexibility index (Phi) is 4.97. The molecule has 8 heteroatoms. The van der Waals surface area contributed by atoms with Gasteiger partial charge >= 0.3 is 12.2 Å². The minimum absolute atomic E-state index is 0.0327. The first-order chi connectivity index (χ1) is 14.6. The highest BCUT2D eigenvalue weighted by molar-refractivity contribution is 6.07. The van der Waals surface area contributed by atoms with E-state index in [2.05, 4.69) is 5.32 Å². The van der Waals surface area contributed by atoms with Crippen LogP contribution in [-0.4, -0.2) is 28.5 Å². The lowest BCUT2D eigenvalue weighted by molar-refractivity contribution is -0.138. The molecular weight excluding hydrogens is 409 g/mol. The molecule has 1 aliphatic heterocycles. The predicted molar refractivity (Wildman–Crippen MR) is 108 cm³/mol. The number of urea groups is 1. The smallest absolute Gasteiger partial charge is 0.387 e. The summed E-state index contributed by atoms with van der Waals surface area (Å²) < 4.78 is 38.9. The molecule has 3 amide bonds. The highest BCUT2D eigenvalue weighted by Gasteiger charge is 2.49. The molecule has 1 aliphatic rings. The number of hydrogen-bond donors (Lipinski definition) is 2. The molecule has 4 rings (SSSR count). The van der Waals surface area contributed by atoms with Crippen molar-refractivity contribution in [2.24, 2.45) is 0 Å². The maximum Gasteiger partial charge on any atom is 0.416 e. The maximum absolute atomic E-state index is 13.1. The molecule has 2 N–H and O–H groups in total. The molecule has 0 radical (unpaired) electrons. The van der Waals surface area contributed by atoms with Crippen molar-refractivity contribution < 1.29 is 27.9 Å². The van der Waals surface area contributed by atoms with Crippen LogP contribution in [0, 0.1) is 0 Å². The minimum Gasteiger partial charge on any atom is -0.387 e. The van der Waals surface area contributed by atoms with Crippen LogP contribution in [0.2, 0.25) is 0 Å². The second-order valence-electron chi connectivity index (χ2n) is 7.67. The van der Waals surface area contributed by atoms with Gasteiger partial charge in [0.2, 0.25) is 0 Å². The van der Waals surface area contributed by atoms with Crippen LogP contribution in [0.3, 0.4) is 0 Å². The average molecular weight is 428 g/mol. The van der Waals surface area contributed by atoms with Gasteiger partial charge in [-0.25, -0.2) is 4.79 Å². The van der Waals surface area contributed by atoms with Crippen LogP contribution >= 0.6 is 0 Å². The molecule has 5 nitrogen and oxygen atoms in total. The number of hydrogen-bond acceptors (Lipinski definition) is 3. The maximum atomic E-state index is 13.1. The van der Waals surface area contributed by atoms with Gasteiger partial charge < -0.3 is 10.4 Å². The van der Waals surface area contributed by atoms with E-state index in [-0.39, 0.29) is 5.56 Å². The molecule has 31 heavy (non-hydrogen) atoms. The van der Waals surface area contributed by atoms with E-state index >= 15 is 0 Å². The quantitative estimate of drug-likeness (QED) is 0.607. The average Bonchev–Trinajstić information content (AvgIpc) is 2.96. The summed E-state index contributed by atoms with van der Waals surface area (Å²) in [5.41, 5.74) is -1.73. The van der Waals surface area contributed by atoms with E-state index in [9.17, 15) is 27.9 Å². The van der Waals surface area contributed by atoms with Gasteiger partial charge in [-0.2, -0.15) is 13.2 Å². The number of nitrogens with one attached hydrogen (secondary N) is 1. The van der Waals surface area contributed by atoms with Gasteiger partial charge in [0.15, 0.2) is 0 Å². The number of carbonyl (C=O) groups excluding carboxylic acids is 2. The molecule has 0 saturated carbocycles. The van der Waals surface area contributed by atoms with Gasteiger partial charge in [-0.1, -0.05) is 48.5 Å². The Morgan fingerprint density at radius 3 is 2.42 bits per heavy atom. The summed E-state index contributed by atoms with van der Waals surface area (Å²) in [6.45, 7) is 1.10. The molecule has 1 saturated heterocycles. The van der Waals surface area contributed by atoms with E-state index in [1.807, 2.05) is 30.3 Å². The first-order valence-corrected chi connectivity index (χ1v) is 9.58. The lowest BCUT2D eigenvalue weighted by atomic mass is 9.90. The van der Waals surface area contributed by atoms with Crippen LogP contribution in [-0.2, 0) is 16.5 Å². The largest absolute Gasteiger partial charge is 0.416 e. The van der Waals surface area contributed by atoms with Gasteiger partial charge in [0, 0.05) is 0 Å². The molecule has 1 fully saturated rings. The summed E-state index contributed by atoms with van der Waals surface area (Å²) in [4.78, 5) is 26.5. The predicted octanol–water partition coefficient (Wildman–Crippen LogP) is 4.36. The van der Waals surface area contributed by atoms with Gasteiger partial charge in [-0.15, -0.1) is 0 Å². The number of β-amino-alcohol motifs (C(OH)–C–C–N with tert-alkyl or cyclic N) is 1. The first kappa shape index (κ1) is 20.9. The Morgan fingerprint density at radius 1 is 1.00 bits per heavy atom. The summed E-state index contributed by atoms with van der Waals surface area (Å²) in [7, 11) is 0. The summed E-state index contributed by atoms with van der Waals surface area (Å²) in [6.07, 6.45) is -6.03. The molecule has 3 aromatic carbocycles. The van der Waals surface area contributed by atoms with E-state index in [4.69, 9.17) is 0 Å². The van der Waals surface area contributed by atoms with Gasteiger partial charge in [0.25, 0.3) is 5.91 Å². The SMILES string of the molecule is CC1(c2ccc3ccccc3c2)NC(=O)N(CC(O)c2cccc(C(F)(F)F)c2)C1=O. The van der Waals surface area contributed by atoms with Crippen molar-refractivity contribution in [3.63, 3.8) is 0 Å². The fourth-order valence-electron chi connectivity index (χ4n) is 3.76. The van der Waals surface area contributed by atoms with Crippen molar-refractivity contribution in [3.8, 4) is 0 Å². The molecule has 0 aromatic heterocycles. The number of nitrogens with zero attached hydrogens (tertiary/aromatic N) is 1. The lowest BCUT2D eigenvalue weighted by Crippen LogP contribution is -2.41. The molecule has 2 unspecified atom stereocenters. The number of amides is 3. The number of halogens is 3. The van der Waals surface area contributed by atoms with Crippen molar-refractivity contribution in [2.75, 3.05) is 6.54 Å². The molecule has 3 aromatic rings. The van der Waals surface area contributed by atoms with E-state index in [1.165, 1.54) is 12.1 Å². The molecule has 0 bridgehead atoms. The molecule has 160 valence electrons. The number of rotatable bonds is 4. The van der Waals surface area contributed by atoms with E-state index in [1.54, 1.807) is 19.1 Å². The molecule has 0 spiro atoms. The number of aliphatic hydroxyl groups is 1. The number of alkyl halides is 3. The number of benzene rings is 3. The van der Waals surface area contributed by atoms with Crippen LogP contribution in [0.1, 0.15) is 29.7 Å². The molecule has 0 aliphatic carbocycles. The van der Waals surface area contributed by atoms with Crippen LogP contribution in [0.5, 0.6) is 0 Å². The van der Waals surface area contributed by atoms with Crippen LogP contribution in [0.15, 0.2) is 66.7 Å². The standard InChI is InChI=1S/C23H19F3N2O3/c1-22(17-10-9-14-5-2-3-6-15(14)11-17)20(30)28(21(31)27-22)13-19(29)16-7-4-8-18(12-16)23(24,25)26/h2-12,19,29H,13H2,1H3,(H,27,31). The highest BCUT2D eigenvalue weighted by atomic mass is 19.4. The van der Waals surface area contributed by atoms with Gasteiger partial charge in [-0.3, -0.25) is 9.69 Å². The molecule has 1 heterocycles. The second-order valence-corrected chi connectivity index (χ2v) is 7.67. The third kappa shape index (κ3) is 3.74. The Morgan fingerprint density at radius 2 is 1.71 bits per heavy atom. The van der Waals surface area contributed by atoms with Crippen molar-refractivity contribution >= 4 is 22.7 Å². The summed E-state index contributed by atoms with van der Waals surface area (Å²) in [6, 6.07) is 16.4. The normalized spacial score (nSPS) is 20.2. The van der Waals surface area contributed by atoms with Crippen molar-refractivity contribution in [1.29, 1.82) is 0 Å². The zero-order valence-corrected chi connectivity index (χ0v) is 16.5. The number of aliphatic hydroxyl groups excluding tert-OH is 1. The van der Waals surface area contributed by atoms with E-state index < -0.39 is 41.9 Å². The molecular formula is C23H19F3N2O3. The fourth-order valence-corrected chi connectivity index (χ4v) is 3.76. The van der Waals surface area contributed by atoms with E-state index in [0.29, 0.717) is 5.56 Å². The van der Waals surface area contributed by atoms with Gasteiger partial charge in [0.05, 0.1) is 18.2 Å². The monoisotopic (exact) mass is 428 g/mol. The van der Waals surface area contributed by atoms with Gasteiger partial charge in [-0.05, 0) is 47.0 Å². The van der Waals surface area contributed by atoms with Crippen molar-refractivity contribution in [2.45, 2.75) is 24.7 Å². The fraction of sp³-hybridized carbons (Fsp3) is 0.217. The lowest BCUT2D eigenvalue weighted by Gasteiger charge is -2.23. The number of fused-ring (bicyclic) bond motifs is 1. The summed E-state index contributed by atoms with van der Waals surface area (Å²) in [5.74, 6) is -0.584. The zero-order valence-electron chi connectivity index (χ0n) is 16.5. The van der Waals surface area contributed by atoms with Crippen molar-refractivity contribution in [3.05, 3.63) is 83.4 Å². The van der Waals surface area contributed by atoms with Crippen LogP contribution in [0.25, 0.3) is 10.8 Å². The highest BCUT2D eigenvalue weighted by Crippen LogP contribution is 2.33. The van der Waals surface area contributed by atoms with Crippen molar-refractivity contribution in [1.82, 2.24) is 10.2 Å². The van der Waals surface area contributed by atoms with Crippen LogP contribution in [0.4, 0.5) is 18.0 Å². The second kappa shape index (κ2) is 7.39. The van der Waals surface area contributed by atoms with Gasteiger partial charge in [0.1, 0.15) is 5.54 Å². The Balaban J connectivity index is 1.59. The topological polar surface area (TPSA) is 69.6 Å². The Labute approximate surface area is 176 Å². The first-order valence-electron chi connectivity index (χ1n) is 9.58. The molecule has 2 atom stereocenters.